The lowest BCUT2D eigenvalue weighted by atomic mass is 10.2. The van der Waals surface area contributed by atoms with Gasteiger partial charge in [0.1, 0.15) is 25.3 Å². The van der Waals surface area contributed by atoms with E-state index in [1.165, 1.54) is 22.2 Å². The Balaban J connectivity index is 1.57. The van der Waals surface area contributed by atoms with Crippen molar-refractivity contribution in [3.8, 4) is 0 Å². The van der Waals surface area contributed by atoms with Gasteiger partial charge in [-0.05, 0) is 18.4 Å². The van der Waals surface area contributed by atoms with Gasteiger partial charge in [-0.3, -0.25) is 15.1 Å². The van der Waals surface area contributed by atoms with Crippen LogP contribution in [0.3, 0.4) is 0 Å². The molecule has 0 saturated carbocycles. The molecule has 8 nitrogen and oxygen atoms in total. The summed E-state index contributed by atoms with van der Waals surface area (Å²) in [6.07, 6.45) is 3.65. The molecule has 1 aliphatic heterocycles. The predicted octanol–water partition coefficient (Wildman–Crippen LogP) is 1.15. The maximum Gasteiger partial charge on any atom is 0.410 e. The molecule has 1 fully saturated rings. The molecule has 3 rings (SSSR count). The molecule has 2 heterocycles. The van der Waals surface area contributed by atoms with Crippen molar-refractivity contribution in [3.05, 3.63) is 48.5 Å². The molecule has 1 unspecified atom stereocenters. The summed E-state index contributed by atoms with van der Waals surface area (Å²) in [5.41, 5.74) is 3.53. The summed E-state index contributed by atoms with van der Waals surface area (Å²) in [5.74, 6) is -0.279. The minimum absolute atomic E-state index is 0.190. The second-order valence-corrected chi connectivity index (χ2v) is 5.24. The van der Waals surface area contributed by atoms with Gasteiger partial charge >= 0.3 is 6.09 Å². The number of likely N-dealkylation sites (tertiary alicyclic amines) is 1. The fraction of sp³-hybridized carbons (Fsp3) is 0.333. The van der Waals surface area contributed by atoms with E-state index in [0.29, 0.717) is 13.0 Å². The Hall–Kier alpha value is -2.90. The number of rotatable bonds is 4. The Morgan fingerprint density at radius 2 is 1.96 bits per heavy atom. The lowest BCUT2D eigenvalue weighted by Crippen LogP contribution is -2.45. The Kier molecular flexibility index (Phi) is 4.51. The van der Waals surface area contributed by atoms with Crippen LogP contribution in [-0.2, 0) is 16.1 Å². The van der Waals surface area contributed by atoms with Crippen molar-refractivity contribution < 1.29 is 14.3 Å². The number of aromatic nitrogens is 3. The Morgan fingerprint density at radius 3 is 2.70 bits per heavy atom. The largest absolute Gasteiger partial charge is 0.445 e. The van der Waals surface area contributed by atoms with Gasteiger partial charge in [-0.25, -0.2) is 9.47 Å². The van der Waals surface area contributed by atoms with Gasteiger partial charge in [0.05, 0.1) is 0 Å². The first-order valence-electron chi connectivity index (χ1n) is 7.37. The first kappa shape index (κ1) is 15.0. The maximum absolute atomic E-state index is 12.3. The SMILES string of the molecule is O=C(Nn1cnnc1)C1CCCN1C(=O)OCc1ccccc1. The van der Waals surface area contributed by atoms with Crippen LogP contribution >= 0.6 is 0 Å². The van der Waals surface area contributed by atoms with Gasteiger partial charge in [0, 0.05) is 6.54 Å². The smallest absolute Gasteiger partial charge is 0.410 e. The van der Waals surface area contributed by atoms with E-state index in [9.17, 15) is 9.59 Å². The average Bonchev–Trinajstić information content (AvgIpc) is 3.24. The summed E-state index contributed by atoms with van der Waals surface area (Å²) in [6, 6.07) is 8.89. The van der Waals surface area contributed by atoms with Crippen LogP contribution in [0.25, 0.3) is 0 Å². The lowest BCUT2D eigenvalue weighted by molar-refractivity contribution is -0.121. The van der Waals surface area contributed by atoms with E-state index < -0.39 is 12.1 Å². The molecule has 1 aliphatic rings. The van der Waals surface area contributed by atoms with Gasteiger partial charge in [-0.2, -0.15) is 0 Å². The van der Waals surface area contributed by atoms with Crippen LogP contribution in [-0.4, -0.2) is 44.4 Å². The summed E-state index contributed by atoms with van der Waals surface area (Å²) in [7, 11) is 0. The third kappa shape index (κ3) is 3.65. The number of nitrogens with zero attached hydrogens (tertiary/aromatic N) is 4. The molecule has 2 aromatic rings. The van der Waals surface area contributed by atoms with Crippen molar-refractivity contribution in [2.24, 2.45) is 0 Å². The molecule has 23 heavy (non-hydrogen) atoms. The lowest BCUT2D eigenvalue weighted by Gasteiger charge is -2.23. The monoisotopic (exact) mass is 315 g/mol. The van der Waals surface area contributed by atoms with E-state index in [-0.39, 0.29) is 12.5 Å². The normalized spacial score (nSPS) is 17.0. The minimum atomic E-state index is -0.541. The topological polar surface area (TPSA) is 89.4 Å². The Labute approximate surface area is 133 Å². The number of nitrogens with one attached hydrogen (secondary N) is 1. The molecule has 0 bridgehead atoms. The van der Waals surface area contributed by atoms with E-state index >= 15 is 0 Å². The highest BCUT2D eigenvalue weighted by molar-refractivity contribution is 5.91. The van der Waals surface area contributed by atoms with Crippen molar-refractivity contribution in [2.75, 3.05) is 12.0 Å². The summed E-state index contributed by atoms with van der Waals surface area (Å²) in [5, 5.41) is 7.22. The quantitative estimate of drug-likeness (QED) is 0.914. The maximum atomic E-state index is 12.3. The molecule has 0 spiro atoms. The van der Waals surface area contributed by atoms with E-state index in [0.717, 1.165) is 12.0 Å². The van der Waals surface area contributed by atoms with Crippen molar-refractivity contribution in [2.45, 2.75) is 25.5 Å². The summed E-state index contributed by atoms with van der Waals surface area (Å²) in [4.78, 5) is 26.0. The van der Waals surface area contributed by atoms with Crippen molar-refractivity contribution in [1.29, 1.82) is 0 Å². The van der Waals surface area contributed by atoms with Gasteiger partial charge in [0.25, 0.3) is 5.91 Å². The standard InChI is InChI=1S/C15H17N5O3/c21-14(18-19-10-16-17-11-19)13-7-4-8-20(13)15(22)23-9-12-5-2-1-3-6-12/h1-3,5-6,10-11,13H,4,7-9H2,(H,18,21). The molecule has 2 amide bonds. The van der Waals surface area contributed by atoms with Crippen LogP contribution in [0.15, 0.2) is 43.0 Å². The molecular weight excluding hydrogens is 298 g/mol. The van der Waals surface area contributed by atoms with E-state index in [1.54, 1.807) is 0 Å². The number of ether oxygens (including phenoxy) is 1. The minimum Gasteiger partial charge on any atom is -0.445 e. The van der Waals surface area contributed by atoms with Crippen molar-refractivity contribution in [3.63, 3.8) is 0 Å². The molecule has 1 aromatic heterocycles. The molecule has 1 aromatic carbocycles. The van der Waals surface area contributed by atoms with E-state index in [4.69, 9.17) is 4.74 Å². The van der Waals surface area contributed by atoms with Crippen LogP contribution < -0.4 is 5.43 Å². The number of hydrogen-bond acceptors (Lipinski definition) is 5. The summed E-state index contributed by atoms with van der Waals surface area (Å²) in [6.45, 7) is 0.698. The van der Waals surface area contributed by atoms with Crippen LogP contribution in [0, 0.1) is 0 Å². The van der Waals surface area contributed by atoms with Gasteiger partial charge in [0.15, 0.2) is 0 Å². The Morgan fingerprint density at radius 1 is 1.22 bits per heavy atom. The van der Waals surface area contributed by atoms with Crippen LogP contribution in [0.2, 0.25) is 0 Å². The fourth-order valence-electron chi connectivity index (χ4n) is 2.52. The number of amides is 2. The highest BCUT2D eigenvalue weighted by Gasteiger charge is 2.35. The molecule has 1 atom stereocenters. The number of carbonyl (C=O) groups is 2. The third-order valence-electron chi connectivity index (χ3n) is 3.65. The second kappa shape index (κ2) is 6.91. The Bertz CT molecular complexity index is 659. The summed E-state index contributed by atoms with van der Waals surface area (Å²) >= 11 is 0. The van der Waals surface area contributed by atoms with Crippen molar-refractivity contribution >= 4 is 12.0 Å². The van der Waals surface area contributed by atoms with Crippen molar-refractivity contribution in [1.82, 2.24) is 19.8 Å². The highest BCUT2D eigenvalue weighted by Crippen LogP contribution is 2.19. The van der Waals surface area contributed by atoms with Crippen LogP contribution in [0.1, 0.15) is 18.4 Å². The van der Waals surface area contributed by atoms with Crippen LogP contribution in [0.4, 0.5) is 4.79 Å². The number of benzene rings is 1. The molecule has 1 N–H and O–H groups in total. The first-order valence-corrected chi connectivity index (χ1v) is 7.37. The third-order valence-corrected chi connectivity index (χ3v) is 3.65. The molecule has 0 radical (unpaired) electrons. The van der Waals surface area contributed by atoms with Crippen LogP contribution in [0.5, 0.6) is 0 Å². The average molecular weight is 315 g/mol. The van der Waals surface area contributed by atoms with Gasteiger partial charge in [-0.1, -0.05) is 30.3 Å². The van der Waals surface area contributed by atoms with Gasteiger partial charge in [0.2, 0.25) is 0 Å². The highest BCUT2D eigenvalue weighted by atomic mass is 16.6. The molecule has 120 valence electrons. The zero-order chi connectivity index (χ0) is 16.1. The predicted molar refractivity (Wildman–Crippen MR) is 80.7 cm³/mol. The molecule has 0 aliphatic carbocycles. The van der Waals surface area contributed by atoms with Gasteiger partial charge in [-0.15, -0.1) is 10.2 Å². The van der Waals surface area contributed by atoms with E-state index in [1.807, 2.05) is 30.3 Å². The zero-order valence-corrected chi connectivity index (χ0v) is 12.5. The first-order chi connectivity index (χ1) is 11.2. The molecule has 1 saturated heterocycles. The number of hydrogen-bond donors (Lipinski definition) is 1. The fourth-order valence-corrected chi connectivity index (χ4v) is 2.52. The molecule has 8 heteroatoms. The van der Waals surface area contributed by atoms with E-state index in [2.05, 4.69) is 15.6 Å². The number of carbonyl (C=O) groups excluding carboxylic acids is 2. The molecular formula is C15H17N5O3. The van der Waals surface area contributed by atoms with Gasteiger partial charge < -0.3 is 4.74 Å². The zero-order valence-electron chi connectivity index (χ0n) is 12.5. The summed E-state index contributed by atoms with van der Waals surface area (Å²) < 4.78 is 6.66. The second-order valence-electron chi connectivity index (χ2n) is 5.24.